The van der Waals surface area contributed by atoms with E-state index in [2.05, 4.69) is 0 Å². The summed E-state index contributed by atoms with van der Waals surface area (Å²) in [4.78, 5) is 12.8. The van der Waals surface area contributed by atoms with Gasteiger partial charge in [-0.2, -0.15) is 0 Å². The fourth-order valence-corrected chi connectivity index (χ4v) is 3.06. The maximum atomic E-state index is 12.8. The molecule has 0 aliphatic heterocycles. The first kappa shape index (κ1) is 15.1. The van der Waals surface area contributed by atoms with E-state index in [0.29, 0.717) is 12.4 Å². The number of benzene rings is 1. The molecule has 1 saturated carbocycles. The number of rotatable bonds is 4. The highest BCUT2D eigenvalue weighted by Crippen LogP contribution is 2.29. The zero-order valence-electron chi connectivity index (χ0n) is 12.8. The van der Waals surface area contributed by atoms with Crippen molar-refractivity contribution in [1.82, 2.24) is 0 Å². The van der Waals surface area contributed by atoms with E-state index in [1.807, 2.05) is 32.0 Å². The molecular formula is C18H26O2. The molecule has 2 nitrogen and oxygen atoms in total. The number of hydrogen-bond acceptors (Lipinski definition) is 2. The lowest BCUT2D eigenvalue weighted by molar-refractivity contribution is 0.0894. The highest BCUT2D eigenvalue weighted by atomic mass is 16.5. The normalized spacial score (nSPS) is 17.3. The van der Waals surface area contributed by atoms with Crippen molar-refractivity contribution in [1.29, 1.82) is 0 Å². The van der Waals surface area contributed by atoms with E-state index >= 15 is 0 Å². The molecule has 0 heterocycles. The van der Waals surface area contributed by atoms with Crippen LogP contribution >= 0.6 is 0 Å². The van der Waals surface area contributed by atoms with Gasteiger partial charge in [0.05, 0.1) is 12.2 Å². The third-order valence-electron chi connectivity index (χ3n) is 4.18. The molecule has 110 valence electrons. The van der Waals surface area contributed by atoms with E-state index in [1.54, 1.807) is 0 Å². The lowest BCUT2D eigenvalue weighted by Crippen LogP contribution is -2.17. The van der Waals surface area contributed by atoms with Gasteiger partial charge in [-0.25, -0.2) is 0 Å². The van der Waals surface area contributed by atoms with Crippen LogP contribution in [0.5, 0.6) is 5.75 Å². The van der Waals surface area contributed by atoms with Gasteiger partial charge < -0.3 is 4.74 Å². The van der Waals surface area contributed by atoms with E-state index in [9.17, 15) is 4.79 Å². The van der Waals surface area contributed by atoms with Crippen LogP contribution in [0.1, 0.15) is 67.8 Å². The number of aryl methyl sites for hydroxylation is 1. The van der Waals surface area contributed by atoms with Crippen LogP contribution in [0.15, 0.2) is 18.2 Å². The SMILES string of the molecule is CCOc1ccc(C)cc1C(=O)C1CCCCCCC1. The Balaban J connectivity index is 2.19. The Morgan fingerprint density at radius 1 is 1.15 bits per heavy atom. The summed E-state index contributed by atoms with van der Waals surface area (Å²) < 4.78 is 5.64. The van der Waals surface area contributed by atoms with Crippen LogP contribution < -0.4 is 4.74 Å². The quantitative estimate of drug-likeness (QED) is 0.727. The van der Waals surface area contributed by atoms with Gasteiger partial charge in [-0.3, -0.25) is 4.79 Å². The van der Waals surface area contributed by atoms with Gasteiger partial charge in [0.25, 0.3) is 0 Å². The second kappa shape index (κ2) is 7.47. The second-order valence-electron chi connectivity index (χ2n) is 5.84. The zero-order valence-corrected chi connectivity index (χ0v) is 12.8. The van der Waals surface area contributed by atoms with Crippen LogP contribution in [0.4, 0.5) is 0 Å². The molecule has 1 aliphatic carbocycles. The van der Waals surface area contributed by atoms with Crippen LogP contribution in [0.25, 0.3) is 0 Å². The van der Waals surface area contributed by atoms with Gasteiger partial charge in [-0.05, 0) is 38.8 Å². The Morgan fingerprint density at radius 2 is 1.80 bits per heavy atom. The fraction of sp³-hybridized carbons (Fsp3) is 0.611. The van der Waals surface area contributed by atoms with Crippen molar-refractivity contribution in [2.75, 3.05) is 6.61 Å². The first-order valence-electron chi connectivity index (χ1n) is 8.00. The molecule has 0 atom stereocenters. The highest BCUT2D eigenvalue weighted by molar-refractivity contribution is 6.00. The number of ether oxygens (including phenoxy) is 1. The van der Waals surface area contributed by atoms with E-state index in [4.69, 9.17) is 4.74 Å². The van der Waals surface area contributed by atoms with Crippen molar-refractivity contribution in [2.24, 2.45) is 5.92 Å². The molecule has 0 bridgehead atoms. The largest absolute Gasteiger partial charge is 0.493 e. The average molecular weight is 274 g/mol. The Kier molecular flexibility index (Phi) is 5.63. The standard InChI is InChI=1S/C18H26O2/c1-3-20-17-12-11-14(2)13-16(17)18(19)15-9-7-5-4-6-8-10-15/h11-13,15H,3-10H2,1-2H3. The van der Waals surface area contributed by atoms with Gasteiger partial charge in [0.15, 0.2) is 5.78 Å². The first-order chi connectivity index (χ1) is 9.72. The highest BCUT2D eigenvalue weighted by Gasteiger charge is 2.23. The Bertz CT molecular complexity index is 443. The number of carbonyl (C=O) groups excluding carboxylic acids is 1. The number of carbonyl (C=O) groups is 1. The minimum atomic E-state index is 0.191. The molecule has 0 amide bonds. The van der Waals surface area contributed by atoms with E-state index < -0.39 is 0 Å². The molecule has 0 radical (unpaired) electrons. The summed E-state index contributed by atoms with van der Waals surface area (Å²) in [6.07, 6.45) is 8.33. The van der Waals surface area contributed by atoms with E-state index in [-0.39, 0.29) is 5.92 Å². The maximum Gasteiger partial charge on any atom is 0.169 e. The van der Waals surface area contributed by atoms with Crippen LogP contribution in [0.3, 0.4) is 0 Å². The Morgan fingerprint density at radius 3 is 2.45 bits per heavy atom. The van der Waals surface area contributed by atoms with Gasteiger partial charge in [0, 0.05) is 5.92 Å². The summed E-state index contributed by atoms with van der Waals surface area (Å²) in [6.45, 7) is 4.60. The van der Waals surface area contributed by atoms with Crippen molar-refractivity contribution >= 4 is 5.78 Å². The van der Waals surface area contributed by atoms with E-state index in [0.717, 1.165) is 29.7 Å². The van der Waals surface area contributed by atoms with Gasteiger partial charge in [-0.1, -0.05) is 43.7 Å². The monoisotopic (exact) mass is 274 g/mol. The predicted octanol–water partition coefficient (Wildman–Crippen LogP) is 4.94. The molecule has 2 heteroatoms. The molecule has 1 aromatic rings. The van der Waals surface area contributed by atoms with Crippen molar-refractivity contribution in [3.8, 4) is 5.75 Å². The van der Waals surface area contributed by atoms with Gasteiger partial charge in [0.1, 0.15) is 5.75 Å². The zero-order chi connectivity index (χ0) is 14.4. The van der Waals surface area contributed by atoms with Crippen molar-refractivity contribution < 1.29 is 9.53 Å². The molecule has 0 N–H and O–H groups in total. The third kappa shape index (κ3) is 3.84. The molecule has 0 aromatic heterocycles. The van der Waals surface area contributed by atoms with Crippen LogP contribution in [-0.2, 0) is 0 Å². The van der Waals surface area contributed by atoms with Crippen molar-refractivity contribution in [2.45, 2.75) is 58.8 Å². The van der Waals surface area contributed by atoms with Crippen LogP contribution in [0, 0.1) is 12.8 Å². The Hall–Kier alpha value is -1.31. The number of hydrogen-bond donors (Lipinski definition) is 0. The summed E-state index contributed by atoms with van der Waals surface area (Å²) in [5, 5.41) is 0. The molecule has 0 saturated heterocycles. The molecule has 1 aromatic carbocycles. The van der Waals surface area contributed by atoms with E-state index in [1.165, 1.54) is 32.1 Å². The lowest BCUT2D eigenvalue weighted by atomic mass is 9.85. The molecule has 0 unspecified atom stereocenters. The topological polar surface area (TPSA) is 26.3 Å². The Labute approximate surface area is 122 Å². The van der Waals surface area contributed by atoms with Crippen molar-refractivity contribution in [3.05, 3.63) is 29.3 Å². The van der Waals surface area contributed by atoms with Crippen LogP contribution in [0.2, 0.25) is 0 Å². The molecule has 1 fully saturated rings. The minimum absolute atomic E-state index is 0.191. The third-order valence-corrected chi connectivity index (χ3v) is 4.18. The minimum Gasteiger partial charge on any atom is -0.493 e. The summed E-state index contributed by atoms with van der Waals surface area (Å²) in [7, 11) is 0. The number of Topliss-reactive ketones (excluding diaryl/α,β-unsaturated/α-hetero) is 1. The van der Waals surface area contributed by atoms with Gasteiger partial charge >= 0.3 is 0 Å². The average Bonchev–Trinajstić information content (AvgIpc) is 2.40. The summed E-state index contributed by atoms with van der Waals surface area (Å²) in [5.41, 5.74) is 1.92. The first-order valence-corrected chi connectivity index (χ1v) is 8.00. The summed E-state index contributed by atoms with van der Waals surface area (Å²) in [6, 6.07) is 5.95. The second-order valence-corrected chi connectivity index (χ2v) is 5.84. The molecule has 0 spiro atoms. The smallest absolute Gasteiger partial charge is 0.169 e. The van der Waals surface area contributed by atoms with Crippen LogP contribution in [-0.4, -0.2) is 12.4 Å². The lowest BCUT2D eigenvalue weighted by Gasteiger charge is -2.20. The number of ketones is 1. The van der Waals surface area contributed by atoms with Crippen molar-refractivity contribution in [3.63, 3.8) is 0 Å². The molecule has 1 aliphatic rings. The fourth-order valence-electron chi connectivity index (χ4n) is 3.06. The summed E-state index contributed by atoms with van der Waals surface area (Å²) >= 11 is 0. The molecular weight excluding hydrogens is 248 g/mol. The summed E-state index contributed by atoms with van der Waals surface area (Å²) in [5.74, 6) is 1.24. The molecule has 2 rings (SSSR count). The predicted molar refractivity (Wildman–Crippen MR) is 82.5 cm³/mol. The maximum absolute atomic E-state index is 12.8. The molecule has 20 heavy (non-hydrogen) atoms. The van der Waals surface area contributed by atoms with Gasteiger partial charge in [0.2, 0.25) is 0 Å². The van der Waals surface area contributed by atoms with Gasteiger partial charge in [-0.15, -0.1) is 0 Å².